The van der Waals surface area contributed by atoms with Gasteiger partial charge in [-0.3, -0.25) is 24.1 Å². The van der Waals surface area contributed by atoms with E-state index in [2.05, 4.69) is 10.9 Å². The molecule has 2 fully saturated rings. The van der Waals surface area contributed by atoms with Crippen molar-refractivity contribution in [2.75, 3.05) is 20.8 Å². The van der Waals surface area contributed by atoms with Crippen molar-refractivity contribution in [2.45, 2.75) is 84.5 Å². The molecule has 0 radical (unpaired) electrons. The Hall–Kier alpha value is -2.01. The lowest BCUT2D eigenvalue weighted by Gasteiger charge is -2.54. The van der Waals surface area contributed by atoms with E-state index in [0.717, 1.165) is 23.3 Å². The van der Waals surface area contributed by atoms with E-state index in [1.165, 1.54) is 35.2 Å². The molecule has 34 heavy (non-hydrogen) atoms. The summed E-state index contributed by atoms with van der Waals surface area (Å²) in [7, 11) is 3.31. The number of hydrazine groups is 1. The van der Waals surface area contributed by atoms with Gasteiger partial charge in [0.1, 0.15) is 4.83 Å². The molecule has 1 amide bonds. The average Bonchev–Trinajstić information content (AvgIpc) is 3.04. The maximum Gasteiger partial charge on any atom is 0.332 e. The summed E-state index contributed by atoms with van der Waals surface area (Å²) in [6.45, 7) is 9.17. The lowest BCUT2D eigenvalue weighted by Crippen LogP contribution is -2.51. The number of methoxy groups -OCH3 is 2. The smallest absolute Gasteiger partial charge is 0.332 e. The van der Waals surface area contributed by atoms with Crippen molar-refractivity contribution in [3.05, 3.63) is 31.3 Å². The topological polar surface area (TPSA) is 104 Å². The highest BCUT2D eigenvalue weighted by Crippen LogP contribution is 2.59. The summed E-state index contributed by atoms with van der Waals surface area (Å²) in [6, 6.07) is -0.00361. The fraction of sp³-hybridized carbons (Fsp3) is 0.708. The molecular formula is C24H38N4O5S. The standard InChI is InChI=1S/C19H26N4O4S.C5H12O/c1-12-14(10-20-21-11-24)28-17-15(12)16(25)23(18(26)22(17)6-7-27-2)13-8-19(9-13)4-3-5-19;1-5(2,3)6-4/h11,13,20H,3-10H2,1-2H3,(H,21,24);1-4H3. The molecule has 0 unspecified atom stereocenters. The van der Waals surface area contributed by atoms with Crippen LogP contribution in [0.15, 0.2) is 9.59 Å². The number of thiophene rings is 1. The number of nitrogens with zero attached hydrogens (tertiary/aromatic N) is 2. The first-order valence-electron chi connectivity index (χ1n) is 11.8. The van der Waals surface area contributed by atoms with Crippen LogP contribution >= 0.6 is 11.3 Å². The normalized spacial score (nSPS) is 17.1. The number of ether oxygens (including phenoxy) is 2. The third-order valence-corrected chi connectivity index (χ3v) is 8.31. The monoisotopic (exact) mass is 494 g/mol. The number of carbonyl (C=O) groups is 1. The Labute approximate surface area is 204 Å². The quantitative estimate of drug-likeness (QED) is 0.332. The van der Waals surface area contributed by atoms with Crippen LogP contribution in [0.4, 0.5) is 0 Å². The van der Waals surface area contributed by atoms with Crippen molar-refractivity contribution in [1.82, 2.24) is 20.0 Å². The molecule has 9 nitrogen and oxygen atoms in total. The molecule has 0 atom stereocenters. The van der Waals surface area contributed by atoms with Gasteiger partial charge in [-0.2, -0.15) is 0 Å². The zero-order valence-electron chi connectivity index (χ0n) is 21.2. The number of amides is 1. The third-order valence-electron chi connectivity index (χ3n) is 7.00. The first-order chi connectivity index (χ1) is 16.1. The van der Waals surface area contributed by atoms with E-state index in [0.29, 0.717) is 41.7 Å². The SMILES string of the molecule is COC(C)(C)C.COCCn1c(=O)n(C2CC3(CCC3)C2)c(=O)c2c(C)c(CNNC=O)sc21. The van der Waals surface area contributed by atoms with Gasteiger partial charge in [0.25, 0.3) is 5.56 Å². The highest BCUT2D eigenvalue weighted by atomic mass is 32.1. The number of carbonyl (C=O) groups excluding carboxylic acids is 1. The maximum absolute atomic E-state index is 13.3. The van der Waals surface area contributed by atoms with Gasteiger partial charge in [-0.25, -0.2) is 10.2 Å². The Morgan fingerprint density at radius 2 is 1.85 bits per heavy atom. The number of aromatic nitrogens is 2. The number of aryl methyl sites for hydroxylation is 1. The van der Waals surface area contributed by atoms with Gasteiger partial charge < -0.3 is 9.47 Å². The van der Waals surface area contributed by atoms with Crippen LogP contribution in [0.5, 0.6) is 0 Å². The van der Waals surface area contributed by atoms with Gasteiger partial charge in [-0.1, -0.05) is 6.42 Å². The van der Waals surface area contributed by atoms with Crippen LogP contribution in [0.2, 0.25) is 0 Å². The number of hydrogen-bond donors (Lipinski definition) is 2. The minimum absolute atomic E-state index is 0.00361. The van der Waals surface area contributed by atoms with Crippen molar-refractivity contribution in [1.29, 1.82) is 0 Å². The van der Waals surface area contributed by atoms with Crippen LogP contribution < -0.4 is 22.1 Å². The number of hydrogen-bond acceptors (Lipinski definition) is 7. The zero-order chi connectivity index (χ0) is 25.1. The van der Waals surface area contributed by atoms with Gasteiger partial charge in [0.2, 0.25) is 6.41 Å². The predicted octanol–water partition coefficient (Wildman–Crippen LogP) is 2.87. The van der Waals surface area contributed by atoms with Crippen LogP contribution in [0.1, 0.15) is 69.4 Å². The summed E-state index contributed by atoms with van der Waals surface area (Å²) in [5.41, 5.74) is 6.09. The van der Waals surface area contributed by atoms with Gasteiger partial charge >= 0.3 is 5.69 Å². The van der Waals surface area contributed by atoms with Crippen molar-refractivity contribution in [2.24, 2.45) is 5.41 Å². The van der Waals surface area contributed by atoms with Crippen LogP contribution in [0.3, 0.4) is 0 Å². The van der Waals surface area contributed by atoms with Gasteiger partial charge in [-0.05, 0) is 64.4 Å². The lowest BCUT2D eigenvalue weighted by atomic mass is 9.54. The molecule has 2 N–H and O–H groups in total. The minimum atomic E-state index is -0.236. The van der Waals surface area contributed by atoms with E-state index in [-0.39, 0.29) is 22.9 Å². The Kier molecular flexibility index (Phi) is 8.38. The molecule has 0 aliphatic heterocycles. The Balaban J connectivity index is 0.000000481. The van der Waals surface area contributed by atoms with Crippen LogP contribution in [-0.4, -0.2) is 42.0 Å². The van der Waals surface area contributed by atoms with E-state index >= 15 is 0 Å². The summed E-state index contributed by atoms with van der Waals surface area (Å²) in [5.74, 6) is 0. The minimum Gasteiger partial charge on any atom is -0.383 e. The molecule has 2 aromatic heterocycles. The van der Waals surface area contributed by atoms with E-state index in [1.54, 1.807) is 18.8 Å². The predicted molar refractivity (Wildman–Crippen MR) is 134 cm³/mol. The largest absolute Gasteiger partial charge is 0.383 e. The summed E-state index contributed by atoms with van der Waals surface area (Å²) >= 11 is 1.42. The lowest BCUT2D eigenvalue weighted by molar-refractivity contribution is -0.110. The molecule has 4 rings (SSSR count). The Morgan fingerprint density at radius 3 is 2.35 bits per heavy atom. The highest BCUT2D eigenvalue weighted by molar-refractivity contribution is 7.18. The molecule has 2 aromatic rings. The second kappa shape index (κ2) is 10.7. The molecule has 2 aliphatic carbocycles. The summed E-state index contributed by atoms with van der Waals surface area (Å²) in [5, 5.41) is 0.609. The molecule has 0 saturated heterocycles. The molecule has 2 saturated carbocycles. The van der Waals surface area contributed by atoms with Crippen molar-refractivity contribution < 1.29 is 14.3 Å². The molecular weight excluding hydrogens is 456 g/mol. The van der Waals surface area contributed by atoms with Crippen LogP contribution in [-0.2, 0) is 27.4 Å². The highest BCUT2D eigenvalue weighted by Gasteiger charge is 2.49. The molecule has 0 aromatic carbocycles. The summed E-state index contributed by atoms with van der Waals surface area (Å²) < 4.78 is 13.3. The maximum atomic E-state index is 13.3. The zero-order valence-corrected chi connectivity index (χ0v) is 22.0. The van der Waals surface area contributed by atoms with Crippen molar-refractivity contribution >= 4 is 28.0 Å². The molecule has 190 valence electrons. The van der Waals surface area contributed by atoms with Gasteiger partial charge in [0.05, 0.1) is 24.1 Å². The van der Waals surface area contributed by atoms with Gasteiger partial charge in [-0.15, -0.1) is 11.3 Å². The van der Waals surface area contributed by atoms with Gasteiger partial charge in [0, 0.05) is 31.7 Å². The van der Waals surface area contributed by atoms with E-state index < -0.39 is 0 Å². The van der Waals surface area contributed by atoms with Crippen LogP contribution in [0, 0.1) is 12.3 Å². The summed E-state index contributed by atoms with van der Waals surface area (Å²) in [4.78, 5) is 38.7. The molecule has 2 aliphatic rings. The fourth-order valence-electron chi connectivity index (χ4n) is 4.66. The first-order valence-corrected chi connectivity index (χ1v) is 12.6. The fourth-order valence-corrected chi connectivity index (χ4v) is 5.92. The van der Waals surface area contributed by atoms with E-state index in [1.807, 2.05) is 27.7 Å². The molecule has 0 bridgehead atoms. The first kappa shape index (κ1) is 26.6. The van der Waals surface area contributed by atoms with Crippen molar-refractivity contribution in [3.63, 3.8) is 0 Å². The van der Waals surface area contributed by atoms with Crippen LogP contribution in [0.25, 0.3) is 10.2 Å². The van der Waals surface area contributed by atoms with Gasteiger partial charge in [0.15, 0.2) is 0 Å². The number of nitrogens with one attached hydrogen (secondary N) is 2. The molecule has 10 heteroatoms. The second-order valence-electron chi connectivity index (χ2n) is 10.3. The summed E-state index contributed by atoms with van der Waals surface area (Å²) in [6.07, 6.45) is 6.12. The molecule has 1 spiro atoms. The number of fused-ring (bicyclic) bond motifs is 1. The van der Waals surface area contributed by atoms with E-state index in [4.69, 9.17) is 9.47 Å². The second-order valence-corrected chi connectivity index (χ2v) is 11.4. The Morgan fingerprint density at radius 1 is 1.21 bits per heavy atom. The molecule has 2 heterocycles. The third kappa shape index (κ3) is 5.45. The van der Waals surface area contributed by atoms with Crippen molar-refractivity contribution in [3.8, 4) is 0 Å². The average molecular weight is 495 g/mol. The number of rotatable bonds is 8. The van der Waals surface area contributed by atoms with E-state index in [9.17, 15) is 14.4 Å². The Bertz CT molecular complexity index is 1120.